The fourth-order valence-corrected chi connectivity index (χ4v) is 0.215. The van der Waals surface area contributed by atoms with Crippen molar-refractivity contribution in [2.75, 3.05) is 0 Å². The summed E-state index contributed by atoms with van der Waals surface area (Å²) in [5, 5.41) is 18.3. The van der Waals surface area contributed by atoms with Crippen molar-refractivity contribution in [3.63, 3.8) is 0 Å². The Morgan fingerprint density at radius 2 is 1.56 bits per heavy atom. The summed E-state index contributed by atoms with van der Waals surface area (Å²) in [6.45, 7) is 5.80. The molecule has 7 heteroatoms. The van der Waals surface area contributed by atoms with Crippen LogP contribution in [0, 0.1) is 0 Å². The number of carbonyl (C=O) groups is 2. The molecule has 0 aliphatic heterocycles. The van der Waals surface area contributed by atoms with E-state index >= 15 is 0 Å². The number of carboxylic acids is 2. The maximum absolute atomic E-state index is 9.14. The Hall–Kier alpha value is -1.85. The van der Waals surface area contributed by atoms with Crippen molar-refractivity contribution in [1.82, 2.24) is 9.97 Å². The van der Waals surface area contributed by atoms with Crippen LogP contribution in [-0.2, 0) is 26.7 Å². The van der Waals surface area contributed by atoms with Gasteiger partial charge in [-0.2, -0.15) is 0 Å². The topological polar surface area (TPSA) is 109 Å². The second-order valence-corrected chi connectivity index (χ2v) is 1.81. The molecule has 0 saturated heterocycles. The number of nitrogens with zero attached hydrogens (tertiary/aromatic N) is 1. The molecule has 0 bridgehead atoms. The molecule has 1 radical (unpaired) electrons. The third-order valence-corrected chi connectivity index (χ3v) is 0.739. The van der Waals surface area contributed by atoms with Crippen LogP contribution in [0.1, 0.15) is 0 Å². The maximum Gasteiger partial charge on any atom is 2.00 e. The van der Waals surface area contributed by atoms with Crippen LogP contribution in [0.5, 0.6) is 0 Å². The molecule has 0 aliphatic rings. The minimum Gasteiger partial charge on any atom is -0.545 e. The number of nitrogens with one attached hydrogen (secondary N) is 1. The summed E-state index contributed by atoms with van der Waals surface area (Å²) in [5.74, 6) is -2.46. The smallest absolute Gasteiger partial charge is 0.545 e. The fraction of sp³-hybridized carbons (Fsp3) is 0. The number of carboxylic acid groups (broad SMARTS) is 2. The van der Waals surface area contributed by atoms with Gasteiger partial charge < -0.3 is 24.8 Å². The fourth-order valence-electron chi connectivity index (χ4n) is 0.215. The van der Waals surface area contributed by atoms with Gasteiger partial charge >= 0.3 is 17.1 Å². The molecule has 0 spiro atoms. The number of aromatic amines is 1. The van der Waals surface area contributed by atoms with Crippen LogP contribution >= 0.6 is 0 Å². The number of hydrogen-bond acceptors (Lipinski definition) is 5. The Morgan fingerprint density at radius 1 is 1.19 bits per heavy atom. The summed E-state index contributed by atoms with van der Waals surface area (Å²) >= 11 is 0. The van der Waals surface area contributed by atoms with Gasteiger partial charge in [-0.3, -0.25) is 0 Å². The Bertz CT molecular complexity index is 263. The van der Waals surface area contributed by atoms with E-state index in [1.54, 1.807) is 18.7 Å². The van der Waals surface area contributed by atoms with E-state index in [-0.39, 0.29) is 17.1 Å². The predicted molar refractivity (Wildman–Crippen MR) is 49.0 cm³/mol. The van der Waals surface area contributed by atoms with Gasteiger partial charge in [0.05, 0.1) is 18.3 Å². The minimum atomic E-state index is -1.23. The number of rotatable bonds is 2. The molecule has 0 amide bonds. The largest absolute Gasteiger partial charge is 2.00 e. The molecule has 0 aliphatic carbocycles. The molecular formula is C9H10CuN2O4. The van der Waals surface area contributed by atoms with Crippen LogP contribution in [0.2, 0.25) is 0 Å². The van der Waals surface area contributed by atoms with E-state index in [1.165, 1.54) is 0 Å². The monoisotopic (exact) mass is 273 g/mol. The zero-order valence-corrected chi connectivity index (χ0v) is 9.12. The molecule has 0 fully saturated rings. The number of aromatic nitrogens is 2. The number of aliphatic carboxylic acids is 2. The van der Waals surface area contributed by atoms with E-state index in [0.717, 1.165) is 12.2 Å². The molecule has 0 atom stereocenters. The van der Waals surface area contributed by atoms with E-state index < -0.39 is 11.9 Å². The van der Waals surface area contributed by atoms with Crippen molar-refractivity contribution < 1.29 is 36.9 Å². The SMILES string of the molecule is C=CC(=O)[O-].C=CC(=O)[O-].[Cu+2].c1c[nH]cn1. The molecule has 91 valence electrons. The molecule has 0 saturated carbocycles. The summed E-state index contributed by atoms with van der Waals surface area (Å²) in [4.78, 5) is 24.7. The molecule has 1 N–H and O–H groups in total. The third-order valence-electron chi connectivity index (χ3n) is 0.739. The average molecular weight is 274 g/mol. The van der Waals surface area contributed by atoms with Crippen molar-refractivity contribution in [2.45, 2.75) is 0 Å². The number of hydrogen-bond donors (Lipinski definition) is 1. The second-order valence-electron chi connectivity index (χ2n) is 1.81. The van der Waals surface area contributed by atoms with Crippen molar-refractivity contribution in [3.05, 3.63) is 44.0 Å². The van der Waals surface area contributed by atoms with Crippen LogP contribution in [-0.4, -0.2) is 21.9 Å². The standard InChI is InChI=1S/C3H4N2.2C3H4O2.Cu/c1-2-5-3-4-1;2*1-2-3(4)5;/h1-3H,(H,4,5);2*2H,1H2,(H,4,5);/q;;;+2/p-2. The van der Waals surface area contributed by atoms with Gasteiger partial charge in [0, 0.05) is 12.4 Å². The Kier molecular flexibility index (Phi) is 19.2. The summed E-state index contributed by atoms with van der Waals surface area (Å²) in [5.41, 5.74) is 0. The molecule has 1 heterocycles. The first-order valence-electron chi connectivity index (χ1n) is 3.64. The van der Waals surface area contributed by atoms with E-state index in [9.17, 15) is 0 Å². The molecule has 0 unspecified atom stereocenters. The van der Waals surface area contributed by atoms with Crippen molar-refractivity contribution in [1.29, 1.82) is 0 Å². The Morgan fingerprint density at radius 3 is 1.62 bits per heavy atom. The molecule has 1 aromatic heterocycles. The van der Waals surface area contributed by atoms with Crippen molar-refractivity contribution >= 4 is 11.9 Å². The van der Waals surface area contributed by atoms with Crippen LogP contribution < -0.4 is 10.2 Å². The average Bonchev–Trinajstić information content (AvgIpc) is 2.76. The summed E-state index contributed by atoms with van der Waals surface area (Å²) in [6, 6.07) is 0. The van der Waals surface area contributed by atoms with Crippen molar-refractivity contribution in [2.24, 2.45) is 0 Å². The normalized spacial score (nSPS) is 6.50. The quantitative estimate of drug-likeness (QED) is 0.508. The van der Waals surface area contributed by atoms with Gasteiger partial charge in [0.2, 0.25) is 0 Å². The Balaban J connectivity index is -0.000000154. The molecule has 6 nitrogen and oxygen atoms in total. The molecule has 16 heavy (non-hydrogen) atoms. The molecule has 0 aromatic carbocycles. The van der Waals surface area contributed by atoms with E-state index in [4.69, 9.17) is 19.8 Å². The van der Waals surface area contributed by atoms with Crippen LogP contribution in [0.25, 0.3) is 0 Å². The van der Waals surface area contributed by atoms with Gasteiger partial charge in [0.1, 0.15) is 0 Å². The molecule has 1 aromatic rings. The van der Waals surface area contributed by atoms with Gasteiger partial charge in [-0.15, -0.1) is 0 Å². The molecular weight excluding hydrogens is 264 g/mol. The van der Waals surface area contributed by atoms with E-state index in [2.05, 4.69) is 23.1 Å². The van der Waals surface area contributed by atoms with Gasteiger partial charge in [0.15, 0.2) is 0 Å². The van der Waals surface area contributed by atoms with E-state index in [0.29, 0.717) is 0 Å². The van der Waals surface area contributed by atoms with Gasteiger partial charge in [0.25, 0.3) is 0 Å². The van der Waals surface area contributed by atoms with Gasteiger partial charge in [-0.1, -0.05) is 13.2 Å². The van der Waals surface area contributed by atoms with E-state index in [1.807, 2.05) is 0 Å². The number of imidazole rings is 1. The van der Waals surface area contributed by atoms with Gasteiger partial charge in [-0.25, -0.2) is 4.98 Å². The molecule has 1 rings (SSSR count). The number of carbonyl (C=O) groups excluding carboxylic acids is 2. The number of H-pyrrole nitrogens is 1. The summed E-state index contributed by atoms with van der Waals surface area (Å²) in [6.07, 6.45) is 6.53. The van der Waals surface area contributed by atoms with Crippen molar-refractivity contribution in [3.8, 4) is 0 Å². The first-order chi connectivity index (χ1) is 7.04. The zero-order valence-electron chi connectivity index (χ0n) is 8.18. The minimum absolute atomic E-state index is 0. The van der Waals surface area contributed by atoms with Gasteiger partial charge in [-0.05, 0) is 12.2 Å². The van der Waals surface area contributed by atoms with Crippen LogP contribution in [0.3, 0.4) is 0 Å². The summed E-state index contributed by atoms with van der Waals surface area (Å²) in [7, 11) is 0. The Labute approximate surface area is 103 Å². The summed E-state index contributed by atoms with van der Waals surface area (Å²) < 4.78 is 0. The van der Waals surface area contributed by atoms with Crippen LogP contribution in [0.4, 0.5) is 0 Å². The predicted octanol–water partition coefficient (Wildman–Crippen LogP) is -1.75. The first-order valence-corrected chi connectivity index (χ1v) is 3.64. The van der Waals surface area contributed by atoms with Crippen LogP contribution in [0.15, 0.2) is 44.0 Å². The third kappa shape index (κ3) is 29.5. The zero-order chi connectivity index (χ0) is 12.1. The first kappa shape index (κ1) is 19.7. The maximum atomic E-state index is 9.14. The second kappa shape index (κ2) is 15.6.